The third-order valence-electron chi connectivity index (χ3n) is 1.73. The smallest absolute Gasteiger partial charge is 0.0637 e. The highest BCUT2D eigenvalue weighted by Crippen LogP contribution is 2.25. The van der Waals surface area contributed by atoms with Crippen molar-refractivity contribution < 1.29 is 9.84 Å². The molecule has 0 amide bonds. The molecule has 0 saturated carbocycles. The Bertz CT molecular complexity index is 145. The molecule has 0 aromatic heterocycles. The van der Waals surface area contributed by atoms with Crippen LogP contribution in [0.4, 0.5) is 0 Å². The SMILES string of the molecule is CC(CO)CC(C)(C)OC(C)(C)C. The van der Waals surface area contributed by atoms with Crippen LogP contribution in [0, 0.1) is 5.92 Å². The van der Waals surface area contributed by atoms with Gasteiger partial charge in [-0.3, -0.25) is 0 Å². The monoisotopic (exact) mass is 188 g/mol. The van der Waals surface area contributed by atoms with E-state index in [1.54, 1.807) is 0 Å². The maximum Gasteiger partial charge on any atom is 0.0637 e. The topological polar surface area (TPSA) is 29.5 Å². The van der Waals surface area contributed by atoms with E-state index in [0.29, 0.717) is 5.92 Å². The Hall–Kier alpha value is -0.0800. The molecule has 0 aromatic carbocycles. The summed E-state index contributed by atoms with van der Waals surface area (Å²) in [5.41, 5.74) is -0.265. The standard InChI is InChI=1S/C11H24O2/c1-9(8-12)7-11(5,6)13-10(2,3)4/h9,12H,7-8H2,1-6H3. The predicted octanol–water partition coefficient (Wildman–Crippen LogP) is 2.60. The van der Waals surface area contributed by atoms with Crippen LogP contribution < -0.4 is 0 Å². The number of hydrogen-bond donors (Lipinski definition) is 1. The van der Waals surface area contributed by atoms with Crippen molar-refractivity contribution in [3.8, 4) is 0 Å². The van der Waals surface area contributed by atoms with Crippen LogP contribution in [-0.4, -0.2) is 22.9 Å². The van der Waals surface area contributed by atoms with Gasteiger partial charge in [-0.2, -0.15) is 0 Å². The minimum absolute atomic E-state index is 0.112. The van der Waals surface area contributed by atoms with Crippen molar-refractivity contribution in [2.45, 2.75) is 59.2 Å². The number of aliphatic hydroxyl groups is 1. The molecule has 0 saturated heterocycles. The first kappa shape index (κ1) is 12.9. The van der Waals surface area contributed by atoms with Gasteiger partial charge in [0.25, 0.3) is 0 Å². The average molecular weight is 188 g/mol. The molecule has 1 N–H and O–H groups in total. The van der Waals surface area contributed by atoms with Crippen molar-refractivity contribution in [1.82, 2.24) is 0 Å². The van der Waals surface area contributed by atoms with Gasteiger partial charge in [0.05, 0.1) is 11.2 Å². The fourth-order valence-electron chi connectivity index (χ4n) is 1.77. The minimum Gasteiger partial charge on any atom is -0.396 e. The molecule has 0 rings (SSSR count). The van der Waals surface area contributed by atoms with Gasteiger partial charge >= 0.3 is 0 Å². The lowest BCUT2D eigenvalue weighted by Gasteiger charge is -2.35. The summed E-state index contributed by atoms with van der Waals surface area (Å²) in [5, 5.41) is 8.94. The van der Waals surface area contributed by atoms with E-state index in [9.17, 15) is 0 Å². The van der Waals surface area contributed by atoms with Crippen molar-refractivity contribution in [3.05, 3.63) is 0 Å². The van der Waals surface area contributed by atoms with Gasteiger partial charge in [0.1, 0.15) is 0 Å². The van der Waals surface area contributed by atoms with E-state index in [0.717, 1.165) is 6.42 Å². The lowest BCUT2D eigenvalue weighted by Crippen LogP contribution is -2.36. The Kier molecular flexibility index (Phi) is 4.40. The zero-order chi connectivity index (χ0) is 10.7. The van der Waals surface area contributed by atoms with Gasteiger partial charge in [0.15, 0.2) is 0 Å². The Morgan fingerprint density at radius 1 is 1.15 bits per heavy atom. The second kappa shape index (κ2) is 4.43. The first-order chi connectivity index (χ1) is 5.66. The summed E-state index contributed by atoms with van der Waals surface area (Å²) in [5.74, 6) is 0.303. The van der Waals surface area contributed by atoms with Crippen molar-refractivity contribution >= 4 is 0 Å². The first-order valence-corrected chi connectivity index (χ1v) is 4.97. The highest BCUT2D eigenvalue weighted by atomic mass is 16.5. The van der Waals surface area contributed by atoms with E-state index >= 15 is 0 Å². The van der Waals surface area contributed by atoms with Crippen molar-refractivity contribution in [2.75, 3.05) is 6.61 Å². The summed E-state index contributed by atoms with van der Waals surface area (Å²) < 4.78 is 5.89. The van der Waals surface area contributed by atoms with E-state index < -0.39 is 0 Å². The van der Waals surface area contributed by atoms with Crippen molar-refractivity contribution in [3.63, 3.8) is 0 Å². The lowest BCUT2D eigenvalue weighted by molar-refractivity contribution is -0.123. The zero-order valence-electron chi connectivity index (χ0n) is 9.85. The molecular formula is C11H24O2. The molecule has 0 aliphatic carbocycles. The summed E-state index contributed by atoms with van der Waals surface area (Å²) in [4.78, 5) is 0. The summed E-state index contributed by atoms with van der Waals surface area (Å²) >= 11 is 0. The molecular weight excluding hydrogens is 164 g/mol. The number of hydrogen-bond acceptors (Lipinski definition) is 2. The molecule has 0 radical (unpaired) electrons. The van der Waals surface area contributed by atoms with Crippen LogP contribution in [-0.2, 0) is 4.74 Å². The van der Waals surface area contributed by atoms with Crippen LogP contribution in [0.25, 0.3) is 0 Å². The zero-order valence-corrected chi connectivity index (χ0v) is 9.85. The van der Waals surface area contributed by atoms with Gasteiger partial charge in [0.2, 0.25) is 0 Å². The Morgan fingerprint density at radius 3 is 1.92 bits per heavy atom. The van der Waals surface area contributed by atoms with Crippen molar-refractivity contribution in [1.29, 1.82) is 0 Å². The van der Waals surface area contributed by atoms with E-state index in [4.69, 9.17) is 9.84 Å². The average Bonchev–Trinajstić information content (AvgIpc) is 1.80. The molecule has 0 aromatic rings. The number of rotatable bonds is 4. The summed E-state index contributed by atoms with van der Waals surface area (Å²) in [6, 6.07) is 0. The summed E-state index contributed by atoms with van der Waals surface area (Å²) in [6.45, 7) is 12.6. The van der Waals surface area contributed by atoms with Crippen LogP contribution in [0.3, 0.4) is 0 Å². The number of aliphatic hydroxyl groups excluding tert-OH is 1. The van der Waals surface area contributed by atoms with E-state index in [1.165, 1.54) is 0 Å². The van der Waals surface area contributed by atoms with Gasteiger partial charge in [-0.1, -0.05) is 6.92 Å². The molecule has 13 heavy (non-hydrogen) atoms. The molecule has 1 unspecified atom stereocenters. The molecule has 0 aliphatic rings. The van der Waals surface area contributed by atoms with Gasteiger partial charge < -0.3 is 9.84 Å². The van der Waals surface area contributed by atoms with E-state index in [1.807, 2.05) is 6.92 Å². The molecule has 80 valence electrons. The van der Waals surface area contributed by atoms with Crippen LogP contribution in [0.5, 0.6) is 0 Å². The van der Waals surface area contributed by atoms with E-state index in [-0.39, 0.29) is 17.8 Å². The fraction of sp³-hybridized carbons (Fsp3) is 1.00. The van der Waals surface area contributed by atoms with Crippen molar-refractivity contribution in [2.24, 2.45) is 5.92 Å². The fourth-order valence-corrected chi connectivity index (χ4v) is 1.77. The Morgan fingerprint density at radius 2 is 1.62 bits per heavy atom. The lowest BCUT2D eigenvalue weighted by atomic mass is 9.94. The summed E-state index contributed by atoms with van der Waals surface area (Å²) in [7, 11) is 0. The molecule has 2 nitrogen and oxygen atoms in total. The third kappa shape index (κ3) is 7.03. The van der Waals surface area contributed by atoms with Crippen LogP contribution in [0.15, 0.2) is 0 Å². The quantitative estimate of drug-likeness (QED) is 0.735. The Labute approximate surface area is 82.3 Å². The van der Waals surface area contributed by atoms with Gasteiger partial charge in [-0.25, -0.2) is 0 Å². The first-order valence-electron chi connectivity index (χ1n) is 4.97. The summed E-state index contributed by atoms with van der Waals surface area (Å²) in [6.07, 6.45) is 0.890. The van der Waals surface area contributed by atoms with Gasteiger partial charge in [-0.05, 0) is 47.0 Å². The second-order valence-electron chi connectivity index (χ2n) is 5.47. The molecule has 1 atom stereocenters. The predicted molar refractivity (Wildman–Crippen MR) is 55.8 cm³/mol. The van der Waals surface area contributed by atoms with Crippen LogP contribution in [0.1, 0.15) is 48.0 Å². The highest BCUT2D eigenvalue weighted by Gasteiger charge is 2.27. The van der Waals surface area contributed by atoms with Gasteiger partial charge in [0, 0.05) is 6.61 Å². The maximum absolute atomic E-state index is 8.94. The van der Waals surface area contributed by atoms with E-state index in [2.05, 4.69) is 34.6 Å². The molecule has 2 heteroatoms. The number of ether oxygens (including phenoxy) is 1. The normalized spacial score (nSPS) is 15.9. The molecule has 0 fully saturated rings. The Balaban J connectivity index is 4.08. The third-order valence-corrected chi connectivity index (χ3v) is 1.73. The highest BCUT2D eigenvalue weighted by molar-refractivity contribution is 4.76. The molecule has 0 heterocycles. The molecule has 0 bridgehead atoms. The van der Waals surface area contributed by atoms with Crippen LogP contribution in [0.2, 0.25) is 0 Å². The second-order valence-corrected chi connectivity index (χ2v) is 5.47. The molecule has 0 spiro atoms. The largest absolute Gasteiger partial charge is 0.396 e. The molecule has 0 aliphatic heterocycles. The minimum atomic E-state index is -0.152. The maximum atomic E-state index is 8.94. The van der Waals surface area contributed by atoms with Crippen LogP contribution >= 0.6 is 0 Å². The van der Waals surface area contributed by atoms with Gasteiger partial charge in [-0.15, -0.1) is 0 Å².